The summed E-state index contributed by atoms with van der Waals surface area (Å²) in [6.07, 6.45) is 13.2. The Kier molecular flexibility index (Phi) is 10.4. The largest absolute Gasteiger partial charge is 0.457 e. The van der Waals surface area contributed by atoms with Gasteiger partial charge in [0.1, 0.15) is 29.5 Å². The summed E-state index contributed by atoms with van der Waals surface area (Å²) < 4.78 is 5.94. The van der Waals surface area contributed by atoms with E-state index in [9.17, 15) is 4.79 Å². The van der Waals surface area contributed by atoms with Crippen molar-refractivity contribution < 1.29 is 9.53 Å². The van der Waals surface area contributed by atoms with Crippen molar-refractivity contribution in [3.8, 4) is 11.5 Å². The van der Waals surface area contributed by atoms with Crippen LogP contribution in [0.4, 0.5) is 11.6 Å². The first-order valence-electron chi connectivity index (χ1n) is 20.3. The topological polar surface area (TPSA) is 124 Å². The summed E-state index contributed by atoms with van der Waals surface area (Å²) in [6.45, 7) is 11.0. The van der Waals surface area contributed by atoms with E-state index in [1.807, 2.05) is 54.6 Å². The smallest absolute Gasteiger partial charge is 0.223 e. The highest BCUT2D eigenvalue weighted by Gasteiger charge is 2.47. The molecule has 2 saturated carbocycles. The number of hydrogen-bond acceptors (Lipinski definition) is 9. The number of benzene rings is 2. The van der Waals surface area contributed by atoms with Crippen LogP contribution in [0.2, 0.25) is 0 Å². The molecular formula is C43H58N8O2. The van der Waals surface area contributed by atoms with Gasteiger partial charge in [-0.3, -0.25) is 15.1 Å². The van der Waals surface area contributed by atoms with Crippen molar-refractivity contribution >= 4 is 23.3 Å². The van der Waals surface area contributed by atoms with Crippen molar-refractivity contribution in [2.45, 2.75) is 96.2 Å². The number of piperidine rings is 2. The van der Waals surface area contributed by atoms with Crippen molar-refractivity contribution in [3.05, 3.63) is 72.1 Å². The van der Waals surface area contributed by atoms with Gasteiger partial charge in [0.2, 0.25) is 5.91 Å². The van der Waals surface area contributed by atoms with Gasteiger partial charge in [-0.1, -0.05) is 32.0 Å². The Morgan fingerprint density at radius 3 is 2.15 bits per heavy atom. The third kappa shape index (κ3) is 8.09. The number of fused-ring (bicyclic) bond motifs is 2. The Labute approximate surface area is 315 Å². The number of para-hydroxylation sites is 1. The number of amides is 1. The van der Waals surface area contributed by atoms with E-state index in [4.69, 9.17) is 15.9 Å². The molecule has 53 heavy (non-hydrogen) atoms. The van der Waals surface area contributed by atoms with Crippen LogP contribution in [0.15, 0.2) is 60.9 Å². The zero-order valence-electron chi connectivity index (χ0n) is 31.7. The van der Waals surface area contributed by atoms with Gasteiger partial charge in [0.15, 0.2) is 0 Å². The maximum absolute atomic E-state index is 13.5. The molecule has 3 saturated heterocycles. The Morgan fingerprint density at radius 1 is 0.849 bits per heavy atom. The van der Waals surface area contributed by atoms with Crippen molar-refractivity contribution in [2.24, 2.45) is 23.2 Å². The van der Waals surface area contributed by atoms with Crippen molar-refractivity contribution in [2.75, 3.05) is 50.3 Å². The zero-order valence-corrected chi connectivity index (χ0v) is 31.7. The van der Waals surface area contributed by atoms with E-state index in [0.717, 1.165) is 87.6 Å². The lowest BCUT2D eigenvalue weighted by molar-refractivity contribution is -0.144. The van der Waals surface area contributed by atoms with E-state index < -0.39 is 0 Å². The van der Waals surface area contributed by atoms with Gasteiger partial charge in [-0.2, -0.15) is 0 Å². The first-order valence-corrected chi connectivity index (χ1v) is 20.3. The fourth-order valence-corrected chi connectivity index (χ4v) is 10.9. The normalized spacial score (nSPS) is 27.6. The van der Waals surface area contributed by atoms with Crippen molar-refractivity contribution in [1.82, 2.24) is 24.7 Å². The summed E-state index contributed by atoms with van der Waals surface area (Å²) in [5, 5.41) is 12.7. The molecule has 3 aromatic rings. The molecule has 0 radical (unpaired) electrons. The molecule has 2 bridgehead atoms. The maximum atomic E-state index is 13.5. The highest BCUT2D eigenvalue weighted by Crippen LogP contribution is 2.54. The quantitative estimate of drug-likeness (QED) is 0.191. The number of nitrogens with two attached hydrogens (primary N) is 1. The summed E-state index contributed by atoms with van der Waals surface area (Å²) in [4.78, 5) is 29.8. The SMILES string of the molecule is CC1CC2CC(C)CC(CC(=O)N3CC(N4CCC(N5CCC(Nc6ncnc(N)c6C(=N)c6ccc(Oc7ccccc7)cc6)CC5)CC4)C3)(C1)C2. The number of nitrogen functional groups attached to an aromatic ring is 1. The summed E-state index contributed by atoms with van der Waals surface area (Å²) >= 11 is 0. The minimum atomic E-state index is 0.256. The molecule has 2 atom stereocenters. The molecule has 5 aliphatic rings. The van der Waals surface area contributed by atoms with Crippen LogP contribution in [-0.2, 0) is 4.79 Å². The fourth-order valence-electron chi connectivity index (χ4n) is 10.9. The number of nitrogens with zero attached hydrogens (tertiary/aromatic N) is 5. The molecule has 3 aliphatic heterocycles. The van der Waals surface area contributed by atoms with Crippen LogP contribution in [0.25, 0.3) is 0 Å². The number of carbonyl (C=O) groups is 1. The molecule has 8 rings (SSSR count). The molecule has 0 spiro atoms. The molecule has 4 heterocycles. The highest BCUT2D eigenvalue weighted by molar-refractivity contribution is 6.16. The minimum absolute atomic E-state index is 0.256. The molecule has 4 N–H and O–H groups in total. The Hall–Kier alpha value is -4.02. The Balaban J connectivity index is 0.786. The number of aromatic nitrogens is 2. The molecular weight excluding hydrogens is 661 g/mol. The number of carbonyl (C=O) groups excluding carboxylic acids is 1. The van der Waals surface area contributed by atoms with Gasteiger partial charge < -0.3 is 25.6 Å². The first-order chi connectivity index (χ1) is 25.7. The van der Waals surface area contributed by atoms with Gasteiger partial charge in [-0.05, 0) is 117 Å². The zero-order chi connectivity index (χ0) is 36.5. The van der Waals surface area contributed by atoms with Crippen LogP contribution in [0.3, 0.4) is 0 Å². The van der Waals surface area contributed by atoms with E-state index in [-0.39, 0.29) is 17.2 Å². The molecule has 10 heteroatoms. The summed E-state index contributed by atoms with van der Waals surface area (Å²) in [6, 6.07) is 18.6. The Bertz CT molecular complexity index is 1710. The molecule has 1 aromatic heterocycles. The standard InChI is InChI=1S/C43H58N8O2/c1-29-20-31-21-30(2)23-43(22-29,24-31)25-38(52)51-26-35(27-51)50-18-14-34(15-19-50)49-16-12-33(13-17-49)48-42-39(41(45)46-28-47-42)40(44)32-8-10-37(11-9-32)53-36-6-4-3-5-7-36/h3-11,28-31,33-35,44H,12-27H2,1-2H3,(H3,45,46,47,48). The monoisotopic (exact) mass is 718 g/mol. The molecule has 282 valence electrons. The fraction of sp³-hybridized carbons (Fsp3) is 0.581. The summed E-state index contributed by atoms with van der Waals surface area (Å²) in [5.74, 6) is 5.19. The van der Waals surface area contributed by atoms with Crippen LogP contribution < -0.4 is 15.8 Å². The van der Waals surface area contributed by atoms with E-state index in [1.54, 1.807) is 0 Å². The average molecular weight is 719 g/mol. The van der Waals surface area contributed by atoms with Crippen LogP contribution in [0.5, 0.6) is 11.5 Å². The number of nitrogens with one attached hydrogen (secondary N) is 2. The minimum Gasteiger partial charge on any atom is -0.457 e. The van der Waals surface area contributed by atoms with Crippen LogP contribution >= 0.6 is 0 Å². The molecule has 2 aliphatic carbocycles. The first kappa shape index (κ1) is 36.0. The van der Waals surface area contributed by atoms with Gasteiger partial charge in [-0.15, -0.1) is 0 Å². The number of ether oxygens (including phenoxy) is 1. The third-order valence-electron chi connectivity index (χ3n) is 13.1. The lowest BCUT2D eigenvalue weighted by Crippen LogP contribution is -2.63. The lowest BCUT2D eigenvalue weighted by atomic mass is 9.55. The van der Waals surface area contributed by atoms with E-state index in [0.29, 0.717) is 40.9 Å². The highest BCUT2D eigenvalue weighted by atomic mass is 16.5. The number of hydrogen-bond donors (Lipinski definition) is 3. The van der Waals surface area contributed by atoms with Crippen LogP contribution in [-0.4, -0.2) is 93.7 Å². The Morgan fingerprint density at radius 2 is 1.47 bits per heavy atom. The average Bonchev–Trinajstić information content (AvgIpc) is 3.11. The van der Waals surface area contributed by atoms with Gasteiger partial charge in [0, 0.05) is 69.4 Å². The van der Waals surface area contributed by atoms with Crippen molar-refractivity contribution in [1.29, 1.82) is 5.41 Å². The maximum Gasteiger partial charge on any atom is 0.223 e. The van der Waals surface area contributed by atoms with Gasteiger partial charge >= 0.3 is 0 Å². The second-order valence-electron chi connectivity index (χ2n) is 17.3. The van der Waals surface area contributed by atoms with E-state index >= 15 is 0 Å². The predicted octanol–water partition coefficient (Wildman–Crippen LogP) is 7.06. The van der Waals surface area contributed by atoms with Crippen molar-refractivity contribution in [3.63, 3.8) is 0 Å². The number of anilines is 2. The van der Waals surface area contributed by atoms with E-state index in [2.05, 4.69) is 43.8 Å². The molecule has 2 unspecified atom stereocenters. The predicted molar refractivity (Wildman–Crippen MR) is 210 cm³/mol. The lowest BCUT2D eigenvalue weighted by Gasteiger charge is -2.52. The van der Waals surface area contributed by atoms with Gasteiger partial charge in [0.25, 0.3) is 0 Å². The second kappa shape index (κ2) is 15.4. The van der Waals surface area contributed by atoms with Crippen LogP contribution in [0, 0.1) is 28.6 Å². The molecule has 10 nitrogen and oxygen atoms in total. The number of likely N-dealkylation sites (tertiary alicyclic amines) is 3. The van der Waals surface area contributed by atoms with Gasteiger partial charge in [-0.25, -0.2) is 9.97 Å². The van der Waals surface area contributed by atoms with Crippen LogP contribution in [0.1, 0.15) is 89.2 Å². The number of rotatable bonds is 10. The van der Waals surface area contributed by atoms with Gasteiger partial charge in [0.05, 0.1) is 11.3 Å². The molecule has 1 amide bonds. The summed E-state index contributed by atoms with van der Waals surface area (Å²) in [7, 11) is 0. The molecule has 5 fully saturated rings. The third-order valence-corrected chi connectivity index (χ3v) is 13.1. The second-order valence-corrected chi connectivity index (χ2v) is 17.3. The summed E-state index contributed by atoms with van der Waals surface area (Å²) in [5.41, 5.74) is 8.18. The molecule has 2 aromatic carbocycles. The van der Waals surface area contributed by atoms with E-state index in [1.165, 1.54) is 51.3 Å².